The number of aryl methyl sites for hydroxylation is 1. The second-order valence-corrected chi connectivity index (χ2v) is 3.93. The van der Waals surface area contributed by atoms with Crippen LogP contribution in [0, 0.1) is 0 Å². The number of hydrogen-bond donors (Lipinski definition) is 0. The highest BCUT2D eigenvalue weighted by Gasteiger charge is 2.14. The molecular weight excluding hydrogens is 170 g/mol. The van der Waals surface area contributed by atoms with E-state index in [4.69, 9.17) is 1.37 Å². The van der Waals surface area contributed by atoms with Gasteiger partial charge in [-0.15, -0.1) is 0 Å². The van der Waals surface area contributed by atoms with E-state index in [0.717, 1.165) is 19.4 Å². The van der Waals surface area contributed by atoms with Gasteiger partial charge in [-0.3, -0.25) is 0 Å². The molecule has 0 aromatic heterocycles. The highest BCUT2D eigenvalue weighted by molar-refractivity contribution is 5.55. The van der Waals surface area contributed by atoms with Gasteiger partial charge in [0.15, 0.2) is 0 Å². The number of fused-ring (bicyclic) bond motifs is 1. The second kappa shape index (κ2) is 4.50. The summed E-state index contributed by atoms with van der Waals surface area (Å²) in [4.78, 5) is 2.48. The molecule has 76 valence electrons. The van der Waals surface area contributed by atoms with Crippen LogP contribution in [-0.4, -0.2) is 13.1 Å². The minimum absolute atomic E-state index is 0.565. The van der Waals surface area contributed by atoms with E-state index in [-0.39, 0.29) is 0 Å². The number of para-hydroxylation sites is 1. The molecule has 0 atom stereocenters. The zero-order chi connectivity index (χ0) is 10.5. The molecule has 14 heavy (non-hydrogen) atoms. The van der Waals surface area contributed by atoms with Crippen molar-refractivity contribution in [3.05, 3.63) is 29.8 Å². The maximum Gasteiger partial charge on any atom is 0.0398 e. The van der Waals surface area contributed by atoms with Gasteiger partial charge < -0.3 is 4.90 Å². The Kier molecular flexibility index (Phi) is 2.68. The average molecular weight is 190 g/mol. The van der Waals surface area contributed by atoms with Crippen LogP contribution in [0.4, 0.5) is 5.69 Å². The first kappa shape index (κ1) is 8.34. The van der Waals surface area contributed by atoms with E-state index in [1.165, 1.54) is 30.6 Å². The lowest BCUT2D eigenvalue weighted by molar-refractivity contribution is 0.658. The summed E-state index contributed by atoms with van der Waals surface area (Å²) in [5.74, 6) is 0. The van der Waals surface area contributed by atoms with Crippen molar-refractivity contribution in [3.8, 4) is 0 Å². The molecule has 0 aliphatic carbocycles. The van der Waals surface area contributed by atoms with E-state index in [2.05, 4.69) is 29.2 Å². The van der Waals surface area contributed by atoms with Crippen molar-refractivity contribution in [1.82, 2.24) is 0 Å². The van der Waals surface area contributed by atoms with Crippen LogP contribution in [0.2, 0.25) is 0 Å². The van der Waals surface area contributed by atoms with Gasteiger partial charge in [0.25, 0.3) is 0 Å². The lowest BCUT2D eigenvalue weighted by atomic mass is 10.0. The van der Waals surface area contributed by atoms with Crippen molar-refractivity contribution in [2.45, 2.75) is 32.6 Å². The van der Waals surface area contributed by atoms with Gasteiger partial charge in [0.2, 0.25) is 0 Å². The van der Waals surface area contributed by atoms with Gasteiger partial charge >= 0.3 is 0 Å². The first-order chi connectivity index (χ1) is 7.42. The fourth-order valence-corrected chi connectivity index (χ4v) is 2.15. The summed E-state index contributed by atoms with van der Waals surface area (Å²) in [6.45, 7) is 2.88. The Morgan fingerprint density at radius 3 is 3.29 bits per heavy atom. The van der Waals surface area contributed by atoms with E-state index < -0.39 is 0 Å². The first-order valence-corrected chi connectivity index (χ1v) is 5.54. The lowest BCUT2D eigenvalue weighted by Gasteiger charge is -2.31. The van der Waals surface area contributed by atoms with E-state index in [1.54, 1.807) is 0 Å². The molecule has 1 heteroatoms. The molecule has 1 aromatic rings. The smallest absolute Gasteiger partial charge is 0.0398 e. The molecule has 2 rings (SSSR count). The molecule has 1 nitrogen and oxygen atoms in total. The Balaban J connectivity index is 2.02. The third kappa shape index (κ3) is 1.92. The number of nitrogens with zero attached hydrogens (tertiary/aromatic N) is 1. The predicted molar refractivity (Wildman–Crippen MR) is 61.9 cm³/mol. The van der Waals surface area contributed by atoms with Crippen LogP contribution in [0.3, 0.4) is 0 Å². The molecule has 0 saturated heterocycles. The fraction of sp³-hybridized carbons (Fsp3) is 0.538. The zero-order valence-electron chi connectivity index (χ0n) is 9.71. The molecule has 0 unspecified atom stereocenters. The molecule has 1 aliphatic heterocycles. The van der Waals surface area contributed by atoms with Crippen LogP contribution < -0.4 is 4.90 Å². The molecule has 0 spiro atoms. The highest BCUT2D eigenvalue weighted by Crippen LogP contribution is 2.26. The molecule has 0 radical (unpaired) electrons. The number of hydrogen-bond acceptors (Lipinski definition) is 1. The molecule has 1 heterocycles. The topological polar surface area (TPSA) is 3.24 Å². The van der Waals surface area contributed by atoms with Crippen molar-refractivity contribution >= 4 is 5.69 Å². The molecule has 0 N–H and O–H groups in total. The third-order valence-electron chi connectivity index (χ3n) is 2.88. The Labute approximate surface area is 88.1 Å². The van der Waals surface area contributed by atoms with Gasteiger partial charge in [-0.25, -0.2) is 0 Å². The number of rotatable bonds is 3. The number of unbranched alkanes of at least 4 members (excludes halogenated alkanes) is 1. The van der Waals surface area contributed by atoms with Crippen LogP contribution in [0.5, 0.6) is 0 Å². The Morgan fingerprint density at radius 1 is 1.43 bits per heavy atom. The van der Waals surface area contributed by atoms with E-state index in [1.807, 2.05) is 0 Å². The quantitative estimate of drug-likeness (QED) is 0.661. The summed E-state index contributed by atoms with van der Waals surface area (Å²) in [6, 6.07) is 8.73. The maximum absolute atomic E-state index is 7.15. The van der Waals surface area contributed by atoms with Gasteiger partial charge in [0.1, 0.15) is 0 Å². The Hall–Kier alpha value is -0.980. The largest absolute Gasteiger partial charge is 0.371 e. The van der Waals surface area contributed by atoms with Crippen molar-refractivity contribution in [2.75, 3.05) is 18.0 Å². The van der Waals surface area contributed by atoms with Gasteiger partial charge in [0, 0.05) is 20.1 Å². The molecular formula is C13H19N. The minimum atomic E-state index is 0.565. The zero-order valence-corrected chi connectivity index (χ0v) is 8.71. The van der Waals surface area contributed by atoms with Crippen molar-refractivity contribution in [2.24, 2.45) is 0 Å². The average Bonchev–Trinajstić information content (AvgIpc) is 2.30. The summed E-state index contributed by atoms with van der Waals surface area (Å²) in [7, 11) is 0. The van der Waals surface area contributed by atoms with Crippen molar-refractivity contribution in [3.63, 3.8) is 0 Å². The molecule has 0 bridgehead atoms. The molecule has 1 aromatic carbocycles. The van der Waals surface area contributed by atoms with E-state index in [0.29, 0.717) is 6.90 Å². The summed E-state index contributed by atoms with van der Waals surface area (Å²) >= 11 is 0. The van der Waals surface area contributed by atoms with Crippen LogP contribution in [0.15, 0.2) is 24.3 Å². The fourth-order valence-electron chi connectivity index (χ4n) is 2.15. The van der Waals surface area contributed by atoms with Crippen LogP contribution in [-0.2, 0) is 6.42 Å². The highest BCUT2D eigenvalue weighted by atomic mass is 15.1. The first-order valence-electron chi connectivity index (χ1n) is 6.24. The number of benzene rings is 1. The summed E-state index contributed by atoms with van der Waals surface area (Å²) in [6.07, 6.45) is 4.68. The Bertz CT molecular complexity index is 311. The third-order valence-corrected chi connectivity index (χ3v) is 2.88. The van der Waals surface area contributed by atoms with Crippen LogP contribution >= 0.6 is 0 Å². The van der Waals surface area contributed by atoms with Crippen molar-refractivity contribution in [1.29, 1.82) is 0 Å². The summed E-state index contributed by atoms with van der Waals surface area (Å²) in [5, 5.41) is 0. The van der Waals surface area contributed by atoms with E-state index in [9.17, 15) is 0 Å². The monoisotopic (exact) mass is 190 g/mol. The standard InChI is InChI=1S/C13H19N/c1-2-3-10-14-11-6-8-12-7-4-5-9-13(12)14/h4-5,7,9H,2-3,6,8,10-11H2,1H3/i1D. The summed E-state index contributed by atoms with van der Waals surface area (Å²) < 4.78 is 7.15. The molecule has 0 fully saturated rings. The maximum atomic E-state index is 7.15. The SMILES string of the molecule is [2H]CCCCN1CCCc2ccccc21. The second-order valence-electron chi connectivity index (χ2n) is 3.93. The predicted octanol–water partition coefficient (Wildman–Crippen LogP) is 3.24. The molecule has 0 saturated carbocycles. The van der Waals surface area contributed by atoms with Gasteiger partial charge in [0.05, 0.1) is 0 Å². The van der Waals surface area contributed by atoms with Gasteiger partial charge in [-0.1, -0.05) is 31.5 Å². The summed E-state index contributed by atoms with van der Waals surface area (Å²) in [5.41, 5.74) is 2.92. The normalized spacial score (nSPS) is 16.3. The Morgan fingerprint density at radius 2 is 2.36 bits per heavy atom. The van der Waals surface area contributed by atoms with Gasteiger partial charge in [-0.05, 0) is 30.9 Å². The van der Waals surface area contributed by atoms with Crippen LogP contribution in [0.1, 0.15) is 33.1 Å². The lowest BCUT2D eigenvalue weighted by Crippen LogP contribution is -2.30. The van der Waals surface area contributed by atoms with Crippen molar-refractivity contribution < 1.29 is 1.37 Å². The molecule has 0 amide bonds. The van der Waals surface area contributed by atoms with Crippen LogP contribution in [0.25, 0.3) is 0 Å². The molecule has 1 aliphatic rings. The minimum Gasteiger partial charge on any atom is -0.371 e. The van der Waals surface area contributed by atoms with Gasteiger partial charge in [-0.2, -0.15) is 0 Å². The number of anilines is 1. The van der Waals surface area contributed by atoms with E-state index >= 15 is 0 Å².